The van der Waals surface area contributed by atoms with Gasteiger partial charge in [0.2, 0.25) is 0 Å². The lowest BCUT2D eigenvalue weighted by Crippen LogP contribution is -2.28. The molecule has 2 N–H and O–H groups in total. The Hall–Kier alpha value is -3.22. The van der Waals surface area contributed by atoms with Gasteiger partial charge in [0, 0.05) is 49.5 Å². The predicted octanol–water partition coefficient (Wildman–Crippen LogP) is 2.20. The zero-order chi connectivity index (χ0) is 16.1. The van der Waals surface area contributed by atoms with Crippen molar-refractivity contribution in [3.63, 3.8) is 0 Å². The molecule has 0 aliphatic heterocycles. The maximum atomic E-state index is 11.9. The molecule has 0 saturated heterocycles. The van der Waals surface area contributed by atoms with Gasteiger partial charge in [-0.05, 0) is 23.8 Å². The SMILES string of the molecule is Cn1cc(-c2cncc(CNC(=O)Nc3cccnc3)c2)cn1. The average molecular weight is 308 g/mol. The molecule has 0 aliphatic carbocycles. The summed E-state index contributed by atoms with van der Waals surface area (Å²) >= 11 is 0. The highest BCUT2D eigenvalue weighted by Crippen LogP contribution is 2.18. The molecular formula is C16H16N6O. The Kier molecular flexibility index (Phi) is 4.28. The van der Waals surface area contributed by atoms with Crippen molar-refractivity contribution >= 4 is 11.7 Å². The Morgan fingerprint density at radius 1 is 1.17 bits per heavy atom. The second kappa shape index (κ2) is 6.69. The summed E-state index contributed by atoms with van der Waals surface area (Å²) in [5, 5.41) is 9.66. The van der Waals surface area contributed by atoms with E-state index in [0.29, 0.717) is 12.2 Å². The lowest BCUT2D eigenvalue weighted by Gasteiger charge is -2.08. The molecule has 0 atom stereocenters. The minimum Gasteiger partial charge on any atom is -0.334 e. The number of anilines is 1. The summed E-state index contributed by atoms with van der Waals surface area (Å²) in [7, 11) is 1.87. The topological polar surface area (TPSA) is 84.7 Å². The lowest BCUT2D eigenvalue weighted by atomic mass is 10.1. The molecule has 23 heavy (non-hydrogen) atoms. The first-order chi connectivity index (χ1) is 11.2. The van der Waals surface area contributed by atoms with Gasteiger partial charge in [0.15, 0.2) is 0 Å². The molecule has 7 nitrogen and oxygen atoms in total. The van der Waals surface area contributed by atoms with Crippen LogP contribution in [-0.2, 0) is 13.6 Å². The number of amides is 2. The number of aromatic nitrogens is 4. The Morgan fingerprint density at radius 2 is 2.09 bits per heavy atom. The number of nitrogens with one attached hydrogen (secondary N) is 2. The smallest absolute Gasteiger partial charge is 0.319 e. The lowest BCUT2D eigenvalue weighted by molar-refractivity contribution is 0.251. The van der Waals surface area contributed by atoms with Crippen molar-refractivity contribution < 1.29 is 4.79 Å². The molecule has 0 saturated carbocycles. The van der Waals surface area contributed by atoms with Crippen molar-refractivity contribution in [1.29, 1.82) is 0 Å². The molecule has 0 aliphatic rings. The first-order valence-electron chi connectivity index (χ1n) is 7.08. The van der Waals surface area contributed by atoms with Crippen molar-refractivity contribution in [1.82, 2.24) is 25.1 Å². The number of carbonyl (C=O) groups is 1. The van der Waals surface area contributed by atoms with Gasteiger partial charge >= 0.3 is 6.03 Å². The molecule has 3 rings (SSSR count). The number of pyridine rings is 2. The fraction of sp³-hybridized carbons (Fsp3) is 0.125. The predicted molar refractivity (Wildman–Crippen MR) is 86.5 cm³/mol. The van der Waals surface area contributed by atoms with Crippen molar-refractivity contribution in [3.05, 3.63) is 60.9 Å². The summed E-state index contributed by atoms with van der Waals surface area (Å²) in [5.74, 6) is 0. The highest BCUT2D eigenvalue weighted by molar-refractivity contribution is 5.88. The maximum Gasteiger partial charge on any atom is 0.319 e. The van der Waals surface area contributed by atoms with Gasteiger partial charge in [0.1, 0.15) is 0 Å². The van der Waals surface area contributed by atoms with Crippen LogP contribution in [0.5, 0.6) is 0 Å². The molecule has 2 amide bonds. The van der Waals surface area contributed by atoms with E-state index in [1.807, 2.05) is 19.3 Å². The number of hydrogen-bond acceptors (Lipinski definition) is 4. The van der Waals surface area contributed by atoms with Crippen molar-refractivity contribution in [2.45, 2.75) is 6.54 Å². The van der Waals surface area contributed by atoms with Crippen molar-refractivity contribution in [2.24, 2.45) is 7.05 Å². The van der Waals surface area contributed by atoms with Crippen LogP contribution < -0.4 is 10.6 Å². The molecule has 0 aromatic carbocycles. The zero-order valence-electron chi connectivity index (χ0n) is 12.6. The summed E-state index contributed by atoms with van der Waals surface area (Å²) in [6.07, 6.45) is 10.4. The summed E-state index contributed by atoms with van der Waals surface area (Å²) in [6, 6.07) is 5.23. The molecule has 116 valence electrons. The van der Waals surface area contributed by atoms with Gasteiger partial charge in [-0.3, -0.25) is 14.6 Å². The van der Waals surface area contributed by atoms with E-state index in [9.17, 15) is 4.79 Å². The van der Waals surface area contributed by atoms with Crippen LogP contribution in [-0.4, -0.2) is 25.8 Å². The standard InChI is InChI=1S/C16H16N6O/c1-22-11-14(9-20-22)13-5-12(6-18-8-13)7-19-16(23)21-15-3-2-4-17-10-15/h2-6,8-11H,7H2,1H3,(H2,19,21,23). The quantitative estimate of drug-likeness (QED) is 0.774. The minimum absolute atomic E-state index is 0.287. The Balaban J connectivity index is 1.61. The van der Waals surface area contributed by atoms with Crippen LogP contribution in [0, 0.1) is 0 Å². The zero-order valence-corrected chi connectivity index (χ0v) is 12.6. The van der Waals surface area contributed by atoms with E-state index in [2.05, 4.69) is 25.7 Å². The Labute approximate surface area is 133 Å². The third-order valence-electron chi connectivity index (χ3n) is 3.21. The molecule has 0 bridgehead atoms. The summed E-state index contributed by atoms with van der Waals surface area (Å²) in [6.45, 7) is 0.382. The molecule has 0 unspecified atom stereocenters. The summed E-state index contributed by atoms with van der Waals surface area (Å²) in [5.41, 5.74) is 3.51. The van der Waals surface area contributed by atoms with Crippen LogP contribution in [0.15, 0.2) is 55.4 Å². The third kappa shape index (κ3) is 3.91. The van der Waals surface area contributed by atoms with Crippen LogP contribution in [0.1, 0.15) is 5.56 Å². The second-order valence-corrected chi connectivity index (χ2v) is 5.03. The Bertz CT molecular complexity index is 799. The normalized spacial score (nSPS) is 10.3. The highest BCUT2D eigenvalue weighted by Gasteiger charge is 2.05. The van der Waals surface area contributed by atoms with Gasteiger partial charge in [-0.15, -0.1) is 0 Å². The average Bonchev–Trinajstić information content (AvgIpc) is 3.01. The minimum atomic E-state index is -0.287. The van der Waals surface area contributed by atoms with Gasteiger partial charge in [0.25, 0.3) is 0 Å². The van der Waals surface area contributed by atoms with Crippen LogP contribution in [0.4, 0.5) is 10.5 Å². The fourth-order valence-corrected chi connectivity index (χ4v) is 2.11. The van der Waals surface area contributed by atoms with E-state index in [1.165, 1.54) is 0 Å². The third-order valence-corrected chi connectivity index (χ3v) is 3.21. The molecule has 0 radical (unpaired) electrons. The van der Waals surface area contributed by atoms with Gasteiger partial charge < -0.3 is 10.6 Å². The van der Waals surface area contributed by atoms with Crippen LogP contribution in [0.3, 0.4) is 0 Å². The summed E-state index contributed by atoms with van der Waals surface area (Å²) in [4.78, 5) is 20.0. The van der Waals surface area contributed by atoms with Crippen molar-refractivity contribution in [2.75, 3.05) is 5.32 Å². The van der Waals surface area contributed by atoms with Gasteiger partial charge in [-0.25, -0.2) is 4.79 Å². The number of hydrogen-bond donors (Lipinski definition) is 2. The van der Waals surface area contributed by atoms with E-state index in [1.54, 1.807) is 47.8 Å². The van der Waals surface area contributed by atoms with E-state index in [0.717, 1.165) is 16.7 Å². The highest BCUT2D eigenvalue weighted by atomic mass is 16.2. The van der Waals surface area contributed by atoms with Gasteiger partial charge in [-0.2, -0.15) is 5.10 Å². The number of carbonyl (C=O) groups excluding carboxylic acids is 1. The molecule has 0 fully saturated rings. The monoisotopic (exact) mass is 308 g/mol. The molecule has 7 heteroatoms. The summed E-state index contributed by atoms with van der Waals surface area (Å²) < 4.78 is 1.74. The van der Waals surface area contributed by atoms with Crippen LogP contribution in [0.2, 0.25) is 0 Å². The van der Waals surface area contributed by atoms with E-state index < -0.39 is 0 Å². The first-order valence-corrected chi connectivity index (χ1v) is 7.08. The van der Waals surface area contributed by atoms with E-state index in [-0.39, 0.29) is 6.03 Å². The molecule has 3 aromatic rings. The molecule has 3 heterocycles. The fourth-order valence-electron chi connectivity index (χ4n) is 2.11. The van der Waals surface area contributed by atoms with Crippen molar-refractivity contribution in [3.8, 4) is 11.1 Å². The van der Waals surface area contributed by atoms with E-state index in [4.69, 9.17) is 0 Å². The molecule has 0 spiro atoms. The number of urea groups is 1. The maximum absolute atomic E-state index is 11.9. The van der Waals surface area contributed by atoms with Gasteiger partial charge in [0.05, 0.1) is 18.1 Å². The molecular weight excluding hydrogens is 292 g/mol. The van der Waals surface area contributed by atoms with Crippen LogP contribution >= 0.6 is 0 Å². The Morgan fingerprint density at radius 3 is 2.83 bits per heavy atom. The van der Waals surface area contributed by atoms with E-state index >= 15 is 0 Å². The van der Waals surface area contributed by atoms with Gasteiger partial charge in [-0.1, -0.05) is 0 Å². The number of aryl methyl sites for hydroxylation is 1. The number of nitrogens with zero attached hydrogens (tertiary/aromatic N) is 4. The largest absolute Gasteiger partial charge is 0.334 e. The number of rotatable bonds is 4. The second-order valence-electron chi connectivity index (χ2n) is 5.03. The first kappa shape index (κ1) is 14.7. The van der Waals surface area contributed by atoms with Crippen LogP contribution in [0.25, 0.3) is 11.1 Å². The molecule has 3 aromatic heterocycles.